The van der Waals surface area contributed by atoms with Crippen molar-refractivity contribution in [3.63, 3.8) is 0 Å². The van der Waals surface area contributed by atoms with E-state index in [9.17, 15) is 14.7 Å². The van der Waals surface area contributed by atoms with Crippen molar-refractivity contribution in [3.05, 3.63) is 60.2 Å². The standard InChI is InChI=1S/C29H39N3O4/c1-4-5-17-32-27(34)25(26(33)21(2)3)30-28(35)29(32)15-18-31(19-16-29)20-22-11-13-24(14-12-22)36-23-9-7-6-8-10-23/h6-14,21,25-26,33H,4-5,15-20H2,1-3H3,(H,30,35)/t25-,26+/m0/s1. The summed E-state index contributed by atoms with van der Waals surface area (Å²) in [5, 5.41) is 13.5. The van der Waals surface area contributed by atoms with E-state index in [1.807, 2.05) is 56.3 Å². The summed E-state index contributed by atoms with van der Waals surface area (Å²) in [5.41, 5.74) is 0.349. The predicted octanol–water partition coefficient (Wildman–Crippen LogP) is 3.96. The SMILES string of the molecule is CCCCN1C(=O)[C@H]([C@H](O)C(C)C)NC(=O)C12CCN(Cc1ccc(Oc3ccccc3)cc1)CC2. The molecule has 2 fully saturated rings. The lowest BCUT2D eigenvalue weighted by molar-refractivity contribution is -0.165. The Kier molecular flexibility index (Phi) is 8.32. The van der Waals surface area contributed by atoms with Crippen molar-refractivity contribution in [3.8, 4) is 11.5 Å². The highest BCUT2D eigenvalue weighted by Crippen LogP contribution is 2.35. The molecule has 194 valence electrons. The van der Waals surface area contributed by atoms with Crippen molar-refractivity contribution in [2.75, 3.05) is 19.6 Å². The lowest BCUT2D eigenvalue weighted by Gasteiger charge is -2.52. The summed E-state index contributed by atoms with van der Waals surface area (Å²) in [7, 11) is 0. The first kappa shape index (κ1) is 26.2. The number of carbonyl (C=O) groups is 2. The summed E-state index contributed by atoms with van der Waals surface area (Å²) in [4.78, 5) is 31.0. The number of benzene rings is 2. The van der Waals surface area contributed by atoms with Crippen molar-refractivity contribution < 1.29 is 19.4 Å². The predicted molar refractivity (Wildman–Crippen MR) is 140 cm³/mol. The van der Waals surface area contributed by atoms with Crippen LogP contribution in [0.1, 0.15) is 52.0 Å². The van der Waals surface area contributed by atoms with Gasteiger partial charge in [-0.15, -0.1) is 0 Å². The number of piperazine rings is 1. The van der Waals surface area contributed by atoms with E-state index >= 15 is 0 Å². The molecule has 2 atom stereocenters. The first-order chi connectivity index (χ1) is 17.3. The molecule has 4 rings (SSSR count). The monoisotopic (exact) mass is 493 g/mol. The van der Waals surface area contributed by atoms with Gasteiger partial charge in [-0.3, -0.25) is 14.5 Å². The number of carbonyl (C=O) groups excluding carboxylic acids is 2. The fraction of sp³-hybridized carbons (Fsp3) is 0.517. The Morgan fingerprint density at radius 2 is 1.67 bits per heavy atom. The number of unbranched alkanes of at least 4 members (excludes halogenated alkanes) is 1. The van der Waals surface area contributed by atoms with Gasteiger partial charge >= 0.3 is 0 Å². The molecule has 0 aliphatic carbocycles. The maximum absolute atomic E-state index is 13.5. The first-order valence-corrected chi connectivity index (χ1v) is 13.2. The lowest BCUT2D eigenvalue weighted by atomic mass is 9.80. The Labute approximate surface area is 214 Å². The molecule has 2 saturated heterocycles. The van der Waals surface area contributed by atoms with Crippen molar-refractivity contribution in [2.24, 2.45) is 5.92 Å². The van der Waals surface area contributed by atoms with E-state index < -0.39 is 17.7 Å². The number of nitrogens with zero attached hydrogens (tertiary/aromatic N) is 2. The molecule has 2 aromatic rings. The zero-order valence-corrected chi connectivity index (χ0v) is 21.7. The maximum atomic E-state index is 13.5. The van der Waals surface area contributed by atoms with Crippen LogP contribution in [0.5, 0.6) is 11.5 Å². The topological polar surface area (TPSA) is 82.1 Å². The number of aliphatic hydroxyl groups is 1. The van der Waals surface area contributed by atoms with Crippen LogP contribution in [0.3, 0.4) is 0 Å². The molecule has 7 nitrogen and oxygen atoms in total. The highest BCUT2D eigenvalue weighted by molar-refractivity contribution is 6.00. The van der Waals surface area contributed by atoms with Gasteiger partial charge < -0.3 is 20.1 Å². The third-order valence-electron chi connectivity index (χ3n) is 7.51. The second kappa shape index (κ2) is 11.4. The number of rotatable bonds is 9. The Morgan fingerprint density at radius 1 is 1.03 bits per heavy atom. The number of likely N-dealkylation sites (tertiary alicyclic amines) is 1. The molecule has 2 amide bonds. The minimum absolute atomic E-state index is 0.118. The second-order valence-corrected chi connectivity index (χ2v) is 10.4. The molecule has 0 saturated carbocycles. The zero-order valence-electron chi connectivity index (χ0n) is 21.7. The van der Waals surface area contributed by atoms with Crippen LogP contribution in [-0.2, 0) is 16.1 Å². The smallest absolute Gasteiger partial charge is 0.248 e. The van der Waals surface area contributed by atoms with Crippen LogP contribution < -0.4 is 10.1 Å². The molecule has 7 heteroatoms. The third kappa shape index (κ3) is 5.57. The number of amides is 2. The van der Waals surface area contributed by atoms with Crippen LogP contribution in [0.4, 0.5) is 0 Å². The Bertz CT molecular complexity index is 1020. The van der Waals surface area contributed by atoms with Gasteiger partial charge in [-0.2, -0.15) is 0 Å². The summed E-state index contributed by atoms with van der Waals surface area (Å²) in [5.74, 6) is 1.22. The van der Waals surface area contributed by atoms with E-state index in [0.29, 0.717) is 19.4 Å². The molecule has 0 bridgehead atoms. The van der Waals surface area contributed by atoms with E-state index in [-0.39, 0.29) is 17.7 Å². The molecule has 0 radical (unpaired) electrons. The van der Waals surface area contributed by atoms with Gasteiger partial charge in [-0.1, -0.05) is 57.5 Å². The van der Waals surface area contributed by atoms with Crippen LogP contribution >= 0.6 is 0 Å². The highest BCUT2D eigenvalue weighted by atomic mass is 16.5. The summed E-state index contributed by atoms with van der Waals surface area (Å²) in [6.07, 6.45) is 2.07. The van der Waals surface area contributed by atoms with E-state index in [0.717, 1.165) is 44.0 Å². The summed E-state index contributed by atoms with van der Waals surface area (Å²) in [6.45, 7) is 8.59. The first-order valence-electron chi connectivity index (χ1n) is 13.2. The van der Waals surface area contributed by atoms with E-state index in [1.54, 1.807) is 4.90 Å². The lowest BCUT2D eigenvalue weighted by Crippen LogP contribution is -2.74. The number of hydrogen-bond acceptors (Lipinski definition) is 5. The van der Waals surface area contributed by atoms with Crippen molar-refractivity contribution in [1.29, 1.82) is 0 Å². The van der Waals surface area contributed by atoms with Crippen molar-refractivity contribution in [2.45, 2.75) is 70.7 Å². The normalized spacial score (nSPS) is 21.0. The molecule has 2 N–H and O–H groups in total. The summed E-state index contributed by atoms with van der Waals surface area (Å²) < 4.78 is 5.89. The molecule has 2 aromatic carbocycles. The molecule has 1 spiro atoms. The minimum atomic E-state index is -0.892. The van der Waals surface area contributed by atoms with Gasteiger partial charge in [-0.05, 0) is 55.0 Å². The Morgan fingerprint density at radius 3 is 2.28 bits per heavy atom. The van der Waals surface area contributed by atoms with Gasteiger partial charge in [0.25, 0.3) is 0 Å². The van der Waals surface area contributed by atoms with E-state index in [1.165, 1.54) is 5.56 Å². The molecular formula is C29H39N3O4. The zero-order chi connectivity index (χ0) is 25.7. The summed E-state index contributed by atoms with van der Waals surface area (Å²) in [6, 6.07) is 17.0. The van der Waals surface area contributed by atoms with Gasteiger partial charge in [0.2, 0.25) is 11.8 Å². The molecule has 36 heavy (non-hydrogen) atoms. The number of ether oxygens (including phenoxy) is 1. The average molecular weight is 494 g/mol. The average Bonchev–Trinajstić information content (AvgIpc) is 2.89. The minimum Gasteiger partial charge on any atom is -0.457 e. The maximum Gasteiger partial charge on any atom is 0.248 e. The molecule has 2 heterocycles. The number of para-hydroxylation sites is 1. The van der Waals surface area contributed by atoms with E-state index in [2.05, 4.69) is 29.3 Å². The molecule has 2 aliphatic heterocycles. The quantitative estimate of drug-likeness (QED) is 0.553. The summed E-state index contributed by atoms with van der Waals surface area (Å²) >= 11 is 0. The van der Waals surface area contributed by atoms with Gasteiger partial charge in [0, 0.05) is 26.2 Å². The largest absolute Gasteiger partial charge is 0.457 e. The molecular weight excluding hydrogens is 454 g/mol. The molecule has 0 unspecified atom stereocenters. The van der Waals surface area contributed by atoms with E-state index in [4.69, 9.17) is 4.74 Å². The van der Waals surface area contributed by atoms with Crippen LogP contribution in [0.15, 0.2) is 54.6 Å². The molecule has 0 aromatic heterocycles. The van der Waals surface area contributed by atoms with Gasteiger partial charge in [0.1, 0.15) is 23.1 Å². The van der Waals surface area contributed by atoms with Crippen LogP contribution in [-0.4, -0.2) is 64.0 Å². The number of hydrogen-bond donors (Lipinski definition) is 2. The van der Waals surface area contributed by atoms with Crippen LogP contribution in [0.2, 0.25) is 0 Å². The number of piperidine rings is 1. The van der Waals surface area contributed by atoms with Crippen molar-refractivity contribution >= 4 is 11.8 Å². The van der Waals surface area contributed by atoms with Gasteiger partial charge in [0.05, 0.1) is 6.10 Å². The molecule has 2 aliphatic rings. The Balaban J connectivity index is 1.40. The third-order valence-corrected chi connectivity index (χ3v) is 7.51. The van der Waals surface area contributed by atoms with Gasteiger partial charge in [-0.25, -0.2) is 0 Å². The van der Waals surface area contributed by atoms with Crippen LogP contribution in [0, 0.1) is 5.92 Å². The fourth-order valence-corrected chi connectivity index (χ4v) is 5.22. The number of aliphatic hydroxyl groups excluding tert-OH is 1. The number of nitrogens with one attached hydrogen (secondary N) is 1. The van der Waals surface area contributed by atoms with Crippen molar-refractivity contribution in [1.82, 2.24) is 15.1 Å². The Hall–Kier alpha value is -2.90. The highest BCUT2D eigenvalue weighted by Gasteiger charge is 2.54. The van der Waals surface area contributed by atoms with Gasteiger partial charge in [0.15, 0.2) is 0 Å². The second-order valence-electron chi connectivity index (χ2n) is 10.4. The van der Waals surface area contributed by atoms with Crippen LogP contribution in [0.25, 0.3) is 0 Å². The fourth-order valence-electron chi connectivity index (χ4n) is 5.22.